The van der Waals surface area contributed by atoms with Gasteiger partial charge in [0.05, 0.1) is 6.61 Å². The molecule has 0 fully saturated rings. The third kappa shape index (κ3) is 7.70. The van der Waals surface area contributed by atoms with Gasteiger partial charge >= 0.3 is 0 Å². The fourth-order valence-corrected chi connectivity index (χ4v) is 0.629. The largest absolute Gasteiger partial charge is 0.377 e. The maximum atomic E-state index is 5.26. The van der Waals surface area contributed by atoms with Gasteiger partial charge in [-0.05, 0) is 13.3 Å². The molecule has 0 spiro atoms. The van der Waals surface area contributed by atoms with Crippen LogP contribution in [0.1, 0.15) is 26.2 Å². The second kappa shape index (κ2) is 8.70. The van der Waals surface area contributed by atoms with E-state index in [9.17, 15) is 0 Å². The van der Waals surface area contributed by atoms with Gasteiger partial charge in [-0.3, -0.25) is 0 Å². The van der Waals surface area contributed by atoms with Crippen LogP contribution in [-0.2, 0) is 4.74 Å². The lowest BCUT2D eigenvalue weighted by Crippen LogP contribution is -1.93. The van der Waals surface area contributed by atoms with Gasteiger partial charge in [0, 0.05) is 6.61 Å². The highest BCUT2D eigenvalue weighted by Crippen LogP contribution is 1.93. The Balaban J connectivity index is 2.77. The summed E-state index contributed by atoms with van der Waals surface area (Å²) in [7, 11) is 0. The zero-order valence-corrected chi connectivity index (χ0v) is 6.81. The van der Waals surface area contributed by atoms with Crippen LogP contribution in [0.2, 0.25) is 0 Å². The van der Waals surface area contributed by atoms with E-state index in [1.54, 1.807) is 0 Å². The lowest BCUT2D eigenvalue weighted by Gasteiger charge is -1.98. The maximum Gasteiger partial charge on any atom is 0.0647 e. The SMILES string of the molecule is [CH2]CCCCOC/C=C/C. The Kier molecular flexibility index (Phi) is 8.44. The van der Waals surface area contributed by atoms with Crippen molar-refractivity contribution >= 4 is 0 Å². The summed E-state index contributed by atoms with van der Waals surface area (Å²) in [5.74, 6) is 0. The summed E-state index contributed by atoms with van der Waals surface area (Å²) in [5.41, 5.74) is 0. The van der Waals surface area contributed by atoms with Crippen molar-refractivity contribution in [1.29, 1.82) is 0 Å². The molecular formula is C9H17O. The molecule has 10 heavy (non-hydrogen) atoms. The van der Waals surface area contributed by atoms with Crippen molar-refractivity contribution in [2.45, 2.75) is 26.2 Å². The average molecular weight is 141 g/mol. The molecule has 0 saturated heterocycles. The van der Waals surface area contributed by atoms with Crippen LogP contribution in [0.4, 0.5) is 0 Å². The predicted octanol–water partition coefficient (Wildman–Crippen LogP) is 2.58. The van der Waals surface area contributed by atoms with Crippen LogP contribution in [0.15, 0.2) is 12.2 Å². The van der Waals surface area contributed by atoms with Crippen LogP contribution < -0.4 is 0 Å². The molecule has 1 heteroatoms. The molecule has 0 aromatic carbocycles. The molecule has 1 nitrogen and oxygen atoms in total. The van der Waals surface area contributed by atoms with E-state index in [1.807, 2.05) is 19.1 Å². The third-order valence-electron chi connectivity index (χ3n) is 1.24. The summed E-state index contributed by atoms with van der Waals surface area (Å²) in [6.45, 7) is 7.38. The second-order valence-corrected chi connectivity index (χ2v) is 2.20. The van der Waals surface area contributed by atoms with Crippen molar-refractivity contribution in [3.8, 4) is 0 Å². The fraction of sp³-hybridized carbons (Fsp3) is 0.667. The van der Waals surface area contributed by atoms with Gasteiger partial charge < -0.3 is 4.74 Å². The van der Waals surface area contributed by atoms with Crippen LogP contribution in [0.5, 0.6) is 0 Å². The Morgan fingerprint density at radius 2 is 2.20 bits per heavy atom. The zero-order chi connectivity index (χ0) is 7.66. The molecule has 0 rings (SSSR count). The summed E-state index contributed by atoms with van der Waals surface area (Å²) in [5, 5.41) is 0. The standard InChI is InChI=1S/C9H17O/c1-3-5-7-9-10-8-6-4-2/h4,6H,1,3,5,7-9H2,2H3/b6-4+. The zero-order valence-electron chi connectivity index (χ0n) is 6.81. The summed E-state index contributed by atoms with van der Waals surface area (Å²) >= 11 is 0. The van der Waals surface area contributed by atoms with E-state index in [0.29, 0.717) is 0 Å². The highest BCUT2D eigenvalue weighted by molar-refractivity contribution is 4.75. The van der Waals surface area contributed by atoms with Gasteiger partial charge in [-0.1, -0.05) is 31.9 Å². The molecule has 0 atom stereocenters. The number of ether oxygens (including phenoxy) is 1. The second-order valence-electron chi connectivity index (χ2n) is 2.20. The lowest BCUT2D eigenvalue weighted by atomic mass is 10.3. The van der Waals surface area contributed by atoms with Crippen LogP contribution in [0, 0.1) is 6.92 Å². The van der Waals surface area contributed by atoms with Gasteiger partial charge in [-0.2, -0.15) is 0 Å². The van der Waals surface area contributed by atoms with Crippen molar-refractivity contribution in [3.05, 3.63) is 19.1 Å². The van der Waals surface area contributed by atoms with E-state index < -0.39 is 0 Å². The molecule has 0 aliphatic heterocycles. The van der Waals surface area contributed by atoms with Gasteiger partial charge in [0.25, 0.3) is 0 Å². The Morgan fingerprint density at radius 3 is 2.80 bits per heavy atom. The quantitative estimate of drug-likeness (QED) is 0.408. The molecule has 1 radical (unpaired) electrons. The molecule has 0 heterocycles. The predicted molar refractivity (Wildman–Crippen MR) is 44.8 cm³/mol. The minimum absolute atomic E-state index is 0.758. The Morgan fingerprint density at radius 1 is 1.40 bits per heavy atom. The first-order chi connectivity index (χ1) is 4.91. The number of hydrogen-bond donors (Lipinski definition) is 0. The van der Waals surface area contributed by atoms with E-state index in [1.165, 1.54) is 6.42 Å². The van der Waals surface area contributed by atoms with Crippen molar-refractivity contribution in [1.82, 2.24) is 0 Å². The molecular weight excluding hydrogens is 124 g/mol. The molecule has 0 aliphatic carbocycles. The molecule has 0 amide bonds. The fourth-order valence-electron chi connectivity index (χ4n) is 0.629. The van der Waals surface area contributed by atoms with Crippen LogP contribution in [0.3, 0.4) is 0 Å². The smallest absolute Gasteiger partial charge is 0.0647 e. The van der Waals surface area contributed by atoms with E-state index in [0.717, 1.165) is 26.1 Å². The number of unbranched alkanes of at least 4 members (excludes halogenated alkanes) is 2. The first-order valence-electron chi connectivity index (χ1n) is 3.90. The first kappa shape index (κ1) is 9.70. The molecule has 0 aliphatic rings. The Labute approximate surface area is 64.1 Å². The molecule has 0 aromatic heterocycles. The summed E-state index contributed by atoms with van der Waals surface area (Å²) in [6, 6.07) is 0. The van der Waals surface area contributed by atoms with Gasteiger partial charge in [0.2, 0.25) is 0 Å². The summed E-state index contributed by atoms with van der Waals surface area (Å²) < 4.78 is 5.26. The number of allylic oxidation sites excluding steroid dienone is 1. The van der Waals surface area contributed by atoms with Crippen LogP contribution in [0.25, 0.3) is 0 Å². The monoisotopic (exact) mass is 141 g/mol. The minimum atomic E-state index is 0.758. The molecule has 0 unspecified atom stereocenters. The first-order valence-corrected chi connectivity index (χ1v) is 3.90. The Bertz CT molecular complexity index is 76.8. The van der Waals surface area contributed by atoms with Gasteiger partial charge in [0.15, 0.2) is 0 Å². The van der Waals surface area contributed by atoms with E-state index in [2.05, 4.69) is 6.92 Å². The summed E-state index contributed by atoms with van der Waals surface area (Å²) in [6.07, 6.45) is 7.36. The Hall–Kier alpha value is -0.300. The topological polar surface area (TPSA) is 9.23 Å². The summed E-state index contributed by atoms with van der Waals surface area (Å²) in [4.78, 5) is 0. The van der Waals surface area contributed by atoms with Gasteiger partial charge in [-0.15, -0.1) is 0 Å². The number of rotatable bonds is 6. The van der Waals surface area contributed by atoms with E-state index in [4.69, 9.17) is 4.74 Å². The van der Waals surface area contributed by atoms with Gasteiger partial charge in [0.1, 0.15) is 0 Å². The molecule has 0 N–H and O–H groups in total. The highest BCUT2D eigenvalue weighted by Gasteiger charge is 1.83. The van der Waals surface area contributed by atoms with Crippen molar-refractivity contribution in [2.75, 3.05) is 13.2 Å². The van der Waals surface area contributed by atoms with E-state index in [-0.39, 0.29) is 0 Å². The minimum Gasteiger partial charge on any atom is -0.377 e. The van der Waals surface area contributed by atoms with Crippen molar-refractivity contribution in [3.63, 3.8) is 0 Å². The molecule has 59 valence electrons. The third-order valence-corrected chi connectivity index (χ3v) is 1.24. The molecule has 0 bridgehead atoms. The lowest BCUT2D eigenvalue weighted by molar-refractivity contribution is 0.158. The average Bonchev–Trinajstić information content (AvgIpc) is 1.97. The molecule has 0 aromatic rings. The van der Waals surface area contributed by atoms with Crippen LogP contribution in [-0.4, -0.2) is 13.2 Å². The van der Waals surface area contributed by atoms with E-state index >= 15 is 0 Å². The normalized spacial score (nSPS) is 11.0. The van der Waals surface area contributed by atoms with Gasteiger partial charge in [-0.25, -0.2) is 0 Å². The van der Waals surface area contributed by atoms with Crippen molar-refractivity contribution in [2.24, 2.45) is 0 Å². The highest BCUT2D eigenvalue weighted by atomic mass is 16.5. The maximum absolute atomic E-state index is 5.26. The van der Waals surface area contributed by atoms with Crippen LogP contribution >= 0.6 is 0 Å². The van der Waals surface area contributed by atoms with Crippen molar-refractivity contribution < 1.29 is 4.74 Å². The number of hydrogen-bond acceptors (Lipinski definition) is 1. The molecule has 0 saturated carbocycles.